The molecule has 26 heavy (non-hydrogen) atoms. The molecule has 0 bridgehead atoms. The molecule has 2 N–H and O–H groups in total. The Bertz CT molecular complexity index is 658. The zero-order chi connectivity index (χ0) is 18.6. The topological polar surface area (TPSA) is 60.0 Å². The SMILES string of the molecule is CN=C(NCC(=O)N(C)C)NC1CCN(C)C1c1ccc(Cl)c(F)c1.I. The van der Waals surface area contributed by atoms with Crippen LogP contribution in [0.25, 0.3) is 0 Å². The van der Waals surface area contributed by atoms with Crippen LogP contribution in [0.2, 0.25) is 5.02 Å². The molecule has 6 nitrogen and oxygen atoms in total. The molecule has 1 amide bonds. The van der Waals surface area contributed by atoms with E-state index in [4.69, 9.17) is 11.6 Å². The van der Waals surface area contributed by atoms with E-state index >= 15 is 0 Å². The number of likely N-dealkylation sites (tertiary alicyclic amines) is 1. The normalized spacial score (nSPS) is 20.5. The van der Waals surface area contributed by atoms with Crippen LogP contribution in [-0.2, 0) is 4.79 Å². The highest BCUT2D eigenvalue weighted by Gasteiger charge is 2.34. The molecule has 1 aliphatic rings. The Labute approximate surface area is 176 Å². The number of carbonyl (C=O) groups is 1. The monoisotopic (exact) mass is 497 g/mol. The lowest BCUT2D eigenvalue weighted by molar-refractivity contribution is -0.127. The summed E-state index contributed by atoms with van der Waals surface area (Å²) in [5.74, 6) is 0.0926. The Kier molecular flexibility index (Phi) is 9.05. The van der Waals surface area contributed by atoms with Gasteiger partial charge >= 0.3 is 0 Å². The van der Waals surface area contributed by atoms with E-state index in [1.165, 1.54) is 11.0 Å². The van der Waals surface area contributed by atoms with Crippen molar-refractivity contribution < 1.29 is 9.18 Å². The lowest BCUT2D eigenvalue weighted by atomic mass is 10.00. The summed E-state index contributed by atoms with van der Waals surface area (Å²) in [4.78, 5) is 19.6. The molecule has 0 radical (unpaired) electrons. The fourth-order valence-electron chi connectivity index (χ4n) is 2.97. The number of guanidine groups is 1. The summed E-state index contributed by atoms with van der Waals surface area (Å²) in [6.07, 6.45) is 0.883. The predicted molar refractivity (Wildman–Crippen MR) is 114 cm³/mol. The molecule has 1 aromatic carbocycles. The third-order valence-electron chi connectivity index (χ3n) is 4.39. The Morgan fingerprint density at radius 1 is 1.46 bits per heavy atom. The summed E-state index contributed by atoms with van der Waals surface area (Å²) in [5, 5.41) is 6.48. The van der Waals surface area contributed by atoms with Gasteiger partial charge in [-0.1, -0.05) is 17.7 Å². The Balaban J connectivity index is 0.00000338. The number of carbonyl (C=O) groups excluding carboxylic acids is 1. The maximum Gasteiger partial charge on any atom is 0.241 e. The molecule has 9 heteroatoms. The van der Waals surface area contributed by atoms with E-state index in [2.05, 4.69) is 20.5 Å². The van der Waals surface area contributed by atoms with Crippen molar-refractivity contribution >= 4 is 47.4 Å². The molecule has 0 aliphatic carbocycles. The smallest absolute Gasteiger partial charge is 0.241 e. The number of halogens is 3. The van der Waals surface area contributed by atoms with Crippen molar-refractivity contribution in [3.63, 3.8) is 0 Å². The van der Waals surface area contributed by atoms with Crippen molar-refractivity contribution in [1.82, 2.24) is 20.4 Å². The Morgan fingerprint density at radius 2 is 2.15 bits per heavy atom. The number of hydrogen-bond acceptors (Lipinski definition) is 3. The third-order valence-corrected chi connectivity index (χ3v) is 4.69. The molecule has 1 fully saturated rings. The van der Waals surface area contributed by atoms with E-state index in [9.17, 15) is 9.18 Å². The number of rotatable bonds is 4. The maximum absolute atomic E-state index is 13.9. The molecule has 0 saturated carbocycles. The first-order valence-corrected chi connectivity index (χ1v) is 8.53. The first-order chi connectivity index (χ1) is 11.8. The molecule has 1 aromatic rings. The molecule has 2 rings (SSSR count). The minimum Gasteiger partial charge on any atom is -0.352 e. The van der Waals surface area contributed by atoms with Gasteiger partial charge in [0.05, 0.1) is 17.6 Å². The summed E-state index contributed by atoms with van der Waals surface area (Å²) in [5.41, 5.74) is 0.860. The Hall–Kier alpha value is -1.13. The molecular weight excluding hydrogens is 472 g/mol. The van der Waals surface area contributed by atoms with Gasteiger partial charge < -0.3 is 15.5 Å². The summed E-state index contributed by atoms with van der Waals surface area (Å²) >= 11 is 5.79. The largest absolute Gasteiger partial charge is 0.352 e. The second-order valence-electron chi connectivity index (χ2n) is 6.35. The lowest BCUT2D eigenvalue weighted by Crippen LogP contribution is -2.48. The number of benzene rings is 1. The number of nitrogens with one attached hydrogen (secondary N) is 2. The van der Waals surface area contributed by atoms with Crippen LogP contribution in [0.3, 0.4) is 0 Å². The highest BCUT2D eigenvalue weighted by Crippen LogP contribution is 2.32. The van der Waals surface area contributed by atoms with Crippen LogP contribution < -0.4 is 10.6 Å². The number of likely N-dealkylation sites (N-methyl/N-ethyl adjacent to an activating group) is 2. The van der Waals surface area contributed by atoms with Crippen LogP contribution in [0, 0.1) is 5.82 Å². The minimum atomic E-state index is -0.419. The van der Waals surface area contributed by atoms with Crippen molar-refractivity contribution in [2.45, 2.75) is 18.5 Å². The second kappa shape index (κ2) is 10.3. The van der Waals surface area contributed by atoms with Crippen LogP contribution >= 0.6 is 35.6 Å². The van der Waals surface area contributed by atoms with Gasteiger partial charge in [0.15, 0.2) is 5.96 Å². The maximum atomic E-state index is 13.9. The molecule has 2 unspecified atom stereocenters. The van der Waals surface area contributed by atoms with E-state index in [-0.39, 0.29) is 53.5 Å². The highest BCUT2D eigenvalue weighted by atomic mass is 127. The number of aliphatic imine (C=N–C) groups is 1. The van der Waals surface area contributed by atoms with Crippen LogP contribution in [0.5, 0.6) is 0 Å². The zero-order valence-corrected chi connectivity index (χ0v) is 18.5. The van der Waals surface area contributed by atoms with Crippen molar-refractivity contribution in [3.05, 3.63) is 34.6 Å². The van der Waals surface area contributed by atoms with Gasteiger partial charge in [0, 0.05) is 33.7 Å². The molecule has 1 aliphatic heterocycles. The quantitative estimate of drug-likeness (QED) is 0.380. The number of amides is 1. The van der Waals surface area contributed by atoms with Crippen LogP contribution in [-0.4, -0.2) is 69.0 Å². The summed E-state index contributed by atoms with van der Waals surface area (Å²) in [6, 6.07) is 4.95. The molecule has 1 heterocycles. The first kappa shape index (κ1) is 22.9. The molecule has 146 valence electrons. The minimum absolute atomic E-state index is 0. The van der Waals surface area contributed by atoms with Gasteiger partial charge in [-0.2, -0.15) is 0 Å². The summed E-state index contributed by atoms with van der Waals surface area (Å²) in [6.45, 7) is 1.04. The van der Waals surface area contributed by atoms with E-state index in [0.717, 1.165) is 18.5 Å². The first-order valence-electron chi connectivity index (χ1n) is 8.16. The molecular formula is C17H26ClFIN5O. The van der Waals surface area contributed by atoms with Gasteiger partial charge in [-0.05, 0) is 31.2 Å². The van der Waals surface area contributed by atoms with Gasteiger partial charge in [0.25, 0.3) is 0 Å². The second-order valence-corrected chi connectivity index (χ2v) is 6.76. The van der Waals surface area contributed by atoms with E-state index in [0.29, 0.717) is 5.96 Å². The van der Waals surface area contributed by atoms with Crippen molar-refractivity contribution in [2.75, 3.05) is 41.3 Å². The van der Waals surface area contributed by atoms with E-state index in [1.807, 2.05) is 13.1 Å². The summed E-state index contributed by atoms with van der Waals surface area (Å²) in [7, 11) is 7.07. The van der Waals surface area contributed by atoms with Gasteiger partial charge in [0.1, 0.15) is 5.82 Å². The van der Waals surface area contributed by atoms with E-state index in [1.54, 1.807) is 27.2 Å². The Morgan fingerprint density at radius 3 is 2.73 bits per heavy atom. The average Bonchev–Trinajstić information content (AvgIpc) is 2.94. The zero-order valence-electron chi connectivity index (χ0n) is 15.4. The molecule has 1 saturated heterocycles. The number of nitrogens with zero attached hydrogens (tertiary/aromatic N) is 3. The summed E-state index contributed by atoms with van der Waals surface area (Å²) < 4.78 is 13.9. The van der Waals surface area contributed by atoms with Crippen LogP contribution in [0.4, 0.5) is 4.39 Å². The lowest BCUT2D eigenvalue weighted by Gasteiger charge is -2.27. The predicted octanol–water partition coefficient (Wildman–Crippen LogP) is 2.10. The fraction of sp³-hybridized carbons (Fsp3) is 0.529. The standard InChI is InChI=1S/C17H25ClFN5O.HI/c1-20-17(21-10-15(25)23(2)3)22-14-7-8-24(4)16(14)11-5-6-12(18)13(19)9-11;/h5-6,9,14,16H,7-8,10H2,1-4H3,(H2,20,21,22);1H. The molecule has 2 atom stereocenters. The molecule has 0 spiro atoms. The third kappa shape index (κ3) is 5.68. The van der Waals surface area contributed by atoms with Crippen LogP contribution in [0.15, 0.2) is 23.2 Å². The fourth-order valence-corrected chi connectivity index (χ4v) is 3.09. The molecule has 0 aromatic heterocycles. The van der Waals surface area contributed by atoms with Crippen molar-refractivity contribution in [1.29, 1.82) is 0 Å². The van der Waals surface area contributed by atoms with Gasteiger partial charge in [0.2, 0.25) is 5.91 Å². The van der Waals surface area contributed by atoms with Gasteiger partial charge in [-0.15, -0.1) is 24.0 Å². The van der Waals surface area contributed by atoms with Gasteiger partial charge in [-0.25, -0.2) is 4.39 Å². The van der Waals surface area contributed by atoms with Crippen molar-refractivity contribution in [2.24, 2.45) is 4.99 Å². The highest BCUT2D eigenvalue weighted by molar-refractivity contribution is 14.0. The average molecular weight is 498 g/mol. The van der Waals surface area contributed by atoms with E-state index < -0.39 is 5.82 Å². The van der Waals surface area contributed by atoms with Crippen molar-refractivity contribution in [3.8, 4) is 0 Å². The van der Waals surface area contributed by atoms with Crippen LogP contribution in [0.1, 0.15) is 18.0 Å². The number of hydrogen-bond donors (Lipinski definition) is 2. The van der Waals surface area contributed by atoms with Gasteiger partial charge in [-0.3, -0.25) is 14.7 Å².